The van der Waals surface area contributed by atoms with E-state index in [2.05, 4.69) is 63.5 Å². The molecule has 10 rings (SSSR count). The summed E-state index contributed by atoms with van der Waals surface area (Å²) < 4.78 is 28.7. The molecule has 125 heavy (non-hydrogen) atoms. The number of primary amides is 2. The van der Waals surface area contributed by atoms with Crippen LogP contribution >= 0.6 is 31.2 Å². The molecule has 1 fully saturated rings. The van der Waals surface area contributed by atoms with Crippen molar-refractivity contribution in [3.8, 4) is 28.7 Å². The number of carbonyl (C=O) groups excluding carboxylic acids is 14. The summed E-state index contributed by atoms with van der Waals surface area (Å²) >= 11 is 7.64. The molecule has 0 radical (unpaired) electrons. The van der Waals surface area contributed by atoms with Crippen molar-refractivity contribution in [2.45, 2.75) is 164 Å². The summed E-state index contributed by atoms with van der Waals surface area (Å²) in [5, 5.41) is 60.0. The van der Waals surface area contributed by atoms with Gasteiger partial charge in [-0.25, -0.2) is 9.36 Å². The number of halogens is 1. The number of esters is 1. The highest BCUT2D eigenvalue weighted by atomic mass is 35.5. The molecular weight excluding hydrogens is 1690 g/mol. The molecule has 1 spiro atoms. The highest BCUT2D eigenvalue weighted by Crippen LogP contribution is 2.57. The molecule has 0 bridgehead atoms. The molecule has 1 saturated carbocycles. The summed E-state index contributed by atoms with van der Waals surface area (Å²) in [7, 11) is -5.09. The number of benzene rings is 6. The highest BCUT2D eigenvalue weighted by molar-refractivity contribution is 7.98. The number of ether oxygens (including phenoxy) is 2. The van der Waals surface area contributed by atoms with Gasteiger partial charge in [0.2, 0.25) is 70.9 Å². The number of hydrogen-bond donors (Lipinski definition) is 19. The van der Waals surface area contributed by atoms with E-state index >= 15 is 9.59 Å². The standard InChI is InChI=1S/C84H96ClN14O24PS/c1-43(2)33-61(73(109)94-60(71(87)107)41-67(86)102)97-81(117)83(28-29-83)99-78(114)57(23-24-70(105)106)92-76(112)64(37-47-42-90-59-38-48(85)14-19-52(47)59)95-75(111)63(35-45-11-17-51(18-12-45)123-124(118,119)120)96-80(116)82(3,4)98-77(113)58(27-32-125-5)93-74(110)62(34-44-9-7-6-8-10-44)91-69(104)26-30-88-68(103)25-31-89-72(108)46-13-20-54-53(36-46)79(115)122-84(54)55-21-15-49(100)39-65(55)121-66-40-50(101)16-22-56(66)84/h6-22,36,38-40,42-43,57-58,60-64,90,100-101H,23-35,37,41H2,1-5H3,(H2,86,102)(H2,87,107)(H,88,103)(H,89,108)(H,91,104)(H,92,112)(H,93,110)(H,94,109)(H,95,111)(H,96,116)(H,97,117)(H,98,113)(H,99,114)(H,105,106)(H2,118,119,120)/t57-,58-,60-,61-,62?,63-,64-/m0/s1. The number of thioether (sulfide) groups is 1. The number of rotatable bonds is 43. The van der Waals surface area contributed by atoms with Crippen LogP contribution in [0.15, 0.2) is 134 Å². The van der Waals surface area contributed by atoms with E-state index in [-0.39, 0.29) is 115 Å². The lowest BCUT2D eigenvalue weighted by Gasteiger charge is -2.36. The Labute approximate surface area is 724 Å². The molecule has 664 valence electrons. The summed E-state index contributed by atoms with van der Waals surface area (Å²) in [4.78, 5) is 229. The van der Waals surface area contributed by atoms with Gasteiger partial charge in [0.15, 0.2) is 5.60 Å². The van der Waals surface area contributed by atoms with Crippen LogP contribution in [0.3, 0.4) is 0 Å². The van der Waals surface area contributed by atoms with Gasteiger partial charge in [0, 0.05) is 108 Å². The van der Waals surface area contributed by atoms with E-state index in [0.717, 1.165) is 12.1 Å². The number of phenols is 2. The number of carboxylic acid groups (broad SMARTS) is 1. The van der Waals surface area contributed by atoms with Gasteiger partial charge in [-0.15, -0.1) is 0 Å². The van der Waals surface area contributed by atoms with Crippen molar-refractivity contribution in [1.29, 1.82) is 0 Å². The van der Waals surface area contributed by atoms with Crippen LogP contribution in [-0.2, 0) is 96.5 Å². The number of aromatic hydroxyl groups is 2. The molecule has 7 atom stereocenters. The molecule has 6 aromatic carbocycles. The quantitative estimate of drug-likeness (QED) is 0.0193. The van der Waals surface area contributed by atoms with Gasteiger partial charge < -0.3 is 104 Å². The molecule has 41 heteroatoms. The molecule has 13 amide bonds. The molecule has 3 heterocycles. The van der Waals surface area contributed by atoms with Crippen LogP contribution < -0.4 is 79.2 Å². The summed E-state index contributed by atoms with van der Waals surface area (Å²) in [6.45, 7) is 5.58. The maximum atomic E-state index is 15.3. The Hall–Kier alpha value is -13.1. The number of H-pyrrole nitrogens is 1. The predicted octanol–water partition coefficient (Wildman–Crippen LogP) is 2.59. The number of hydrogen-bond acceptors (Lipinski definition) is 22. The average Bonchev–Trinajstić information content (AvgIpc) is 1.57. The van der Waals surface area contributed by atoms with Gasteiger partial charge in [0.25, 0.3) is 5.91 Å². The largest absolute Gasteiger partial charge is 0.524 e. The highest BCUT2D eigenvalue weighted by Gasteiger charge is 2.55. The SMILES string of the molecule is CSCC[C@H](NC(=O)C(Cc1ccccc1)NC(=O)CCNC(=O)CCNC(=O)c1ccc2c(c1)C(=O)OC21c2ccc(O)cc2Oc2cc(O)ccc21)C(=O)NC(C)(C)C(=O)N[C@@H](Cc1ccc(OP(=O)(O)O)cc1)C(=O)N[C@@H](Cc1c[nH]c2cc(Cl)ccc12)C(=O)N[C@@H](CCC(=O)O)C(=O)NC1(C(=O)N[C@@H](CC(C)C)C(=O)N[C@@H](CC(N)=O)C(N)=O)CC1. The molecular formula is C84H96ClN14O24PS. The number of aromatic nitrogens is 1. The lowest BCUT2D eigenvalue weighted by molar-refractivity contribution is -0.139. The Morgan fingerprint density at radius 3 is 1.78 bits per heavy atom. The van der Waals surface area contributed by atoms with Crippen LogP contribution in [0.5, 0.6) is 28.7 Å². The topological polar surface area (TPSA) is 602 Å². The van der Waals surface area contributed by atoms with Crippen molar-refractivity contribution in [1.82, 2.24) is 63.5 Å². The zero-order valence-electron chi connectivity index (χ0n) is 68.3. The van der Waals surface area contributed by atoms with Crippen LogP contribution in [0.1, 0.15) is 140 Å². The zero-order chi connectivity index (χ0) is 91.0. The van der Waals surface area contributed by atoms with E-state index in [9.17, 15) is 92.0 Å². The van der Waals surface area contributed by atoms with Gasteiger partial charge in [0.1, 0.15) is 82.1 Å². The number of phosphoric ester groups is 1. The third-order valence-electron chi connectivity index (χ3n) is 20.7. The van der Waals surface area contributed by atoms with Crippen molar-refractivity contribution in [2.75, 3.05) is 25.1 Å². The molecule has 1 aromatic heterocycles. The number of aliphatic carboxylic acids is 1. The first-order valence-electron chi connectivity index (χ1n) is 39.6. The van der Waals surface area contributed by atoms with Gasteiger partial charge in [-0.05, 0) is 141 Å². The smallest absolute Gasteiger partial charge is 0.508 e. The van der Waals surface area contributed by atoms with Crippen molar-refractivity contribution in [2.24, 2.45) is 17.4 Å². The van der Waals surface area contributed by atoms with E-state index in [4.69, 9.17) is 37.1 Å². The predicted molar refractivity (Wildman–Crippen MR) is 451 cm³/mol. The maximum absolute atomic E-state index is 15.3. The van der Waals surface area contributed by atoms with Gasteiger partial charge in [-0.1, -0.05) is 80.0 Å². The zero-order valence-corrected chi connectivity index (χ0v) is 70.8. The second kappa shape index (κ2) is 40.9. The van der Waals surface area contributed by atoms with Crippen molar-refractivity contribution in [3.05, 3.63) is 183 Å². The van der Waals surface area contributed by atoms with Crippen LogP contribution in [0.4, 0.5) is 0 Å². The van der Waals surface area contributed by atoms with E-state index in [1.165, 1.54) is 80.3 Å². The number of carbonyl (C=O) groups is 15. The summed E-state index contributed by atoms with van der Waals surface area (Å²) in [6.07, 6.45) is -0.418. The summed E-state index contributed by atoms with van der Waals surface area (Å²) in [6, 6.07) is 20.2. The molecule has 38 nitrogen and oxygen atoms in total. The monoisotopic (exact) mass is 1780 g/mol. The fourth-order valence-electron chi connectivity index (χ4n) is 14.2. The Morgan fingerprint density at radius 2 is 1.18 bits per heavy atom. The molecule has 1 aliphatic carbocycles. The number of aromatic amines is 1. The molecule has 0 saturated heterocycles. The third kappa shape index (κ3) is 24.9. The number of fused-ring (bicyclic) bond motifs is 7. The van der Waals surface area contributed by atoms with Gasteiger partial charge >= 0.3 is 19.8 Å². The third-order valence-corrected chi connectivity index (χ3v) is 22.1. The van der Waals surface area contributed by atoms with Crippen molar-refractivity contribution in [3.63, 3.8) is 0 Å². The fraction of sp³-hybridized carbons (Fsp3) is 0.369. The van der Waals surface area contributed by atoms with Gasteiger partial charge in [-0.2, -0.15) is 11.8 Å². The normalized spacial score (nSPS) is 14.9. The van der Waals surface area contributed by atoms with E-state index in [1.54, 1.807) is 86.8 Å². The Kier molecular flexibility index (Phi) is 30.8. The van der Waals surface area contributed by atoms with Crippen LogP contribution in [-0.4, -0.2) is 197 Å². The first-order valence-corrected chi connectivity index (χ1v) is 42.9. The van der Waals surface area contributed by atoms with Crippen LogP contribution in [0, 0.1) is 5.92 Å². The van der Waals surface area contributed by atoms with Crippen molar-refractivity contribution < 1.29 is 116 Å². The Balaban J connectivity index is 0.808. The minimum Gasteiger partial charge on any atom is -0.508 e. The van der Waals surface area contributed by atoms with E-state index < -0.39 is 188 Å². The first kappa shape index (κ1) is 94.2. The van der Waals surface area contributed by atoms with Crippen molar-refractivity contribution >= 4 is 131 Å². The Morgan fingerprint density at radius 1 is 0.616 bits per heavy atom. The number of phosphoric acid groups is 1. The summed E-state index contributed by atoms with van der Waals surface area (Å²) in [5.41, 5.74) is 8.25. The maximum Gasteiger partial charge on any atom is 0.524 e. The summed E-state index contributed by atoms with van der Waals surface area (Å²) in [5.74, 6) is -14.3. The molecule has 21 N–H and O–H groups in total. The lowest BCUT2D eigenvalue weighted by atomic mass is 9.77. The van der Waals surface area contributed by atoms with E-state index in [0.29, 0.717) is 43.7 Å². The Bertz CT molecular complexity index is 5320. The molecule has 3 aliphatic rings. The molecule has 7 aromatic rings. The fourth-order valence-corrected chi connectivity index (χ4v) is 15.2. The average molecular weight is 1780 g/mol. The number of nitrogens with two attached hydrogens (primary N) is 2. The van der Waals surface area contributed by atoms with E-state index in [1.807, 2.05) is 0 Å². The number of nitrogens with one attached hydrogen (secondary N) is 12. The minimum atomic E-state index is -5.09. The molecule has 1 unspecified atom stereocenters. The number of carboxylic acids is 1. The molecule has 2 aliphatic heterocycles. The van der Waals surface area contributed by atoms with Gasteiger partial charge in [0.05, 0.1) is 12.0 Å². The second-order valence-electron chi connectivity index (χ2n) is 31.2. The number of phenolic OH excluding ortho intramolecular Hbond substituents is 2. The number of amides is 13. The first-order chi connectivity index (χ1) is 59.1. The van der Waals surface area contributed by atoms with Gasteiger partial charge in [-0.3, -0.25) is 76.9 Å². The van der Waals surface area contributed by atoms with Crippen LogP contribution in [0.2, 0.25) is 5.02 Å². The van der Waals surface area contributed by atoms with Crippen LogP contribution in [0.25, 0.3) is 10.9 Å². The lowest BCUT2D eigenvalue weighted by Crippen LogP contribution is -2.63. The second-order valence-corrected chi connectivity index (χ2v) is 33.8. The minimum absolute atomic E-state index is 0.0128.